The Balaban J connectivity index is 1.30. The summed E-state index contributed by atoms with van der Waals surface area (Å²) in [6.45, 7) is 2.06. The molecule has 2 amide bonds. The van der Waals surface area contributed by atoms with E-state index in [0.29, 0.717) is 5.69 Å². The number of fused-ring (bicyclic) bond motifs is 1. The van der Waals surface area contributed by atoms with Gasteiger partial charge in [-0.05, 0) is 71.8 Å². The molecular weight excluding hydrogens is 559 g/mol. The molecule has 5 aromatic rings. The number of hydrogen-bond donors (Lipinski definition) is 0. The number of nitrogens with zero attached hydrogens (tertiary/aromatic N) is 3. The highest BCUT2D eigenvalue weighted by Gasteiger charge is 2.47. The largest absolute Gasteiger partial charge is 0.274 e. The van der Waals surface area contributed by atoms with E-state index in [0.717, 1.165) is 47.5 Å². The first-order valence-electron chi connectivity index (χ1n) is 11.7. The van der Waals surface area contributed by atoms with Crippen LogP contribution in [0.1, 0.15) is 16.9 Å². The van der Waals surface area contributed by atoms with E-state index < -0.39 is 27.9 Å². The van der Waals surface area contributed by atoms with Crippen molar-refractivity contribution in [1.82, 2.24) is 9.29 Å². The van der Waals surface area contributed by atoms with Gasteiger partial charge >= 0.3 is 0 Å². The summed E-state index contributed by atoms with van der Waals surface area (Å²) in [6.07, 6.45) is -0.214. The highest BCUT2D eigenvalue weighted by molar-refractivity contribution is 7.91. The van der Waals surface area contributed by atoms with Crippen LogP contribution in [-0.2, 0) is 26.2 Å². The van der Waals surface area contributed by atoms with E-state index in [9.17, 15) is 18.0 Å². The zero-order valence-electron chi connectivity index (χ0n) is 20.1. The number of rotatable bonds is 7. The quantitative estimate of drug-likeness (QED) is 0.224. The standard InChI is InChI=1S/C27H21N3O4S4/c1-17-6-11-21-23(14-17)37-26(28-21)18-7-9-19(10-8-18)30-24(31)15-22(27(30)32)29(16-20-4-2-12-35-20)38(33,34)25-5-3-13-36-25/h2-14,22H,15-16H2,1H3. The molecule has 0 spiro atoms. The number of imide groups is 1. The number of carbonyl (C=O) groups is 2. The second-order valence-corrected chi connectivity index (χ2v) is 14.0. The maximum absolute atomic E-state index is 13.6. The third kappa shape index (κ3) is 4.50. The van der Waals surface area contributed by atoms with E-state index in [1.807, 2.05) is 48.7 Å². The number of anilines is 1. The van der Waals surface area contributed by atoms with Gasteiger partial charge in [-0.25, -0.2) is 18.3 Å². The van der Waals surface area contributed by atoms with Gasteiger partial charge in [-0.1, -0.05) is 18.2 Å². The molecule has 4 heterocycles. The van der Waals surface area contributed by atoms with Crippen molar-refractivity contribution in [3.05, 3.63) is 87.9 Å². The summed E-state index contributed by atoms with van der Waals surface area (Å²) < 4.78 is 29.5. The van der Waals surface area contributed by atoms with Gasteiger partial charge in [0.1, 0.15) is 15.3 Å². The van der Waals surface area contributed by atoms with Crippen LogP contribution in [0, 0.1) is 6.92 Å². The van der Waals surface area contributed by atoms with Crippen molar-refractivity contribution in [2.24, 2.45) is 0 Å². The van der Waals surface area contributed by atoms with Crippen LogP contribution >= 0.6 is 34.0 Å². The van der Waals surface area contributed by atoms with Crippen molar-refractivity contribution in [1.29, 1.82) is 0 Å². The molecule has 11 heteroatoms. The summed E-state index contributed by atoms with van der Waals surface area (Å²) in [5.74, 6) is -0.976. The van der Waals surface area contributed by atoms with Crippen molar-refractivity contribution in [2.45, 2.75) is 30.1 Å². The van der Waals surface area contributed by atoms with Gasteiger partial charge < -0.3 is 0 Å². The van der Waals surface area contributed by atoms with E-state index in [2.05, 4.69) is 6.07 Å². The van der Waals surface area contributed by atoms with Crippen molar-refractivity contribution >= 4 is 71.8 Å². The predicted molar refractivity (Wildman–Crippen MR) is 152 cm³/mol. The van der Waals surface area contributed by atoms with Crippen LogP contribution in [0.25, 0.3) is 20.8 Å². The van der Waals surface area contributed by atoms with Crippen LogP contribution in [0.5, 0.6) is 0 Å². The van der Waals surface area contributed by atoms with Gasteiger partial charge in [0.05, 0.1) is 22.3 Å². The number of thiazole rings is 1. The number of sulfonamides is 1. The molecule has 7 nitrogen and oxygen atoms in total. The molecule has 0 N–H and O–H groups in total. The zero-order valence-corrected chi connectivity index (χ0v) is 23.4. The number of aryl methyl sites for hydroxylation is 1. The monoisotopic (exact) mass is 579 g/mol. The number of hydrogen-bond acceptors (Lipinski definition) is 8. The Morgan fingerprint density at radius 2 is 1.76 bits per heavy atom. The van der Waals surface area contributed by atoms with Gasteiger partial charge in [0.25, 0.3) is 15.9 Å². The van der Waals surface area contributed by atoms with Gasteiger partial charge in [-0.3, -0.25) is 9.59 Å². The molecule has 1 unspecified atom stereocenters. The predicted octanol–water partition coefficient (Wildman–Crippen LogP) is 5.92. The fraction of sp³-hybridized carbons (Fsp3) is 0.148. The Morgan fingerprint density at radius 1 is 1.00 bits per heavy atom. The summed E-state index contributed by atoms with van der Waals surface area (Å²) in [4.78, 5) is 33.3. The van der Waals surface area contributed by atoms with Crippen molar-refractivity contribution in [3.63, 3.8) is 0 Å². The minimum absolute atomic E-state index is 0.0193. The Labute approximate surface area is 231 Å². The summed E-state index contributed by atoms with van der Waals surface area (Å²) in [7, 11) is -3.99. The molecule has 0 bridgehead atoms. The Hall–Kier alpha value is -3.22. The maximum Gasteiger partial charge on any atom is 0.253 e. The van der Waals surface area contributed by atoms with E-state index in [1.54, 1.807) is 34.9 Å². The lowest BCUT2D eigenvalue weighted by atomic mass is 10.2. The number of aromatic nitrogens is 1. The van der Waals surface area contributed by atoms with Gasteiger partial charge in [0.2, 0.25) is 5.91 Å². The molecule has 1 aliphatic rings. The highest BCUT2D eigenvalue weighted by Crippen LogP contribution is 2.35. The van der Waals surface area contributed by atoms with Crippen LogP contribution in [0.2, 0.25) is 0 Å². The third-order valence-corrected chi connectivity index (χ3v) is 11.5. The molecule has 6 rings (SSSR count). The molecular formula is C27H21N3O4S4. The Bertz CT molecular complexity index is 1740. The molecule has 1 fully saturated rings. The van der Waals surface area contributed by atoms with E-state index >= 15 is 0 Å². The number of thiophene rings is 2. The van der Waals surface area contributed by atoms with Crippen molar-refractivity contribution < 1.29 is 18.0 Å². The first-order chi connectivity index (χ1) is 18.3. The first kappa shape index (κ1) is 25.1. The molecule has 2 aromatic carbocycles. The van der Waals surface area contributed by atoms with Crippen molar-refractivity contribution in [3.8, 4) is 10.6 Å². The average Bonchev–Trinajstić information content (AvgIpc) is 3.70. The molecule has 1 aliphatic heterocycles. The summed E-state index contributed by atoms with van der Waals surface area (Å²) in [5.41, 5.74) is 3.37. The zero-order chi connectivity index (χ0) is 26.4. The van der Waals surface area contributed by atoms with Gasteiger partial charge in [-0.2, -0.15) is 4.31 Å². The minimum Gasteiger partial charge on any atom is -0.274 e. The lowest BCUT2D eigenvalue weighted by Gasteiger charge is -2.25. The second kappa shape index (κ2) is 9.83. The average molecular weight is 580 g/mol. The van der Waals surface area contributed by atoms with Crippen LogP contribution in [0.15, 0.2) is 81.7 Å². The minimum atomic E-state index is -3.99. The normalized spacial score (nSPS) is 16.3. The Morgan fingerprint density at radius 3 is 2.47 bits per heavy atom. The van der Waals surface area contributed by atoms with Gasteiger partial charge in [0.15, 0.2) is 0 Å². The number of amides is 2. The SMILES string of the molecule is Cc1ccc2nc(-c3ccc(N4C(=O)CC(N(Cc5cccs5)S(=O)(=O)c5cccs5)C4=O)cc3)sc2c1. The fourth-order valence-corrected chi connectivity index (χ4v) is 9.00. The number of carbonyl (C=O) groups excluding carboxylic acids is 2. The van der Waals surface area contributed by atoms with Gasteiger partial charge in [-0.15, -0.1) is 34.0 Å². The smallest absolute Gasteiger partial charge is 0.253 e. The second-order valence-electron chi connectivity index (χ2n) is 8.89. The third-order valence-electron chi connectivity index (χ3n) is 6.34. The maximum atomic E-state index is 13.6. The van der Waals surface area contributed by atoms with Crippen LogP contribution < -0.4 is 4.90 Å². The lowest BCUT2D eigenvalue weighted by Crippen LogP contribution is -2.44. The van der Waals surface area contributed by atoms with Crippen LogP contribution in [0.4, 0.5) is 5.69 Å². The number of benzene rings is 2. The summed E-state index contributed by atoms with van der Waals surface area (Å²) in [5, 5.41) is 4.38. The molecule has 38 heavy (non-hydrogen) atoms. The van der Waals surface area contributed by atoms with E-state index in [1.165, 1.54) is 21.7 Å². The molecule has 1 saturated heterocycles. The highest BCUT2D eigenvalue weighted by atomic mass is 32.2. The molecule has 0 aliphatic carbocycles. The Kier molecular flexibility index (Phi) is 6.48. The lowest BCUT2D eigenvalue weighted by molar-refractivity contribution is -0.122. The summed E-state index contributed by atoms with van der Waals surface area (Å²) in [6, 6.07) is 18.9. The van der Waals surface area contributed by atoms with Gasteiger partial charge in [0, 0.05) is 17.0 Å². The topological polar surface area (TPSA) is 87.7 Å². The molecule has 1 atom stereocenters. The van der Waals surface area contributed by atoms with Crippen LogP contribution in [-0.4, -0.2) is 35.6 Å². The van der Waals surface area contributed by atoms with Crippen LogP contribution in [0.3, 0.4) is 0 Å². The molecule has 3 aromatic heterocycles. The molecule has 0 saturated carbocycles. The molecule has 0 radical (unpaired) electrons. The fourth-order valence-electron chi connectivity index (χ4n) is 4.47. The van der Waals surface area contributed by atoms with Crippen molar-refractivity contribution in [2.75, 3.05) is 4.90 Å². The summed E-state index contributed by atoms with van der Waals surface area (Å²) >= 11 is 4.08. The van der Waals surface area contributed by atoms with E-state index in [4.69, 9.17) is 4.98 Å². The molecule has 192 valence electrons. The van der Waals surface area contributed by atoms with E-state index in [-0.39, 0.29) is 17.2 Å². The first-order valence-corrected chi connectivity index (χ1v) is 15.7.